The summed E-state index contributed by atoms with van der Waals surface area (Å²) in [6.07, 6.45) is 3.61. The van der Waals surface area contributed by atoms with E-state index in [1.807, 2.05) is 0 Å². The van der Waals surface area contributed by atoms with Crippen molar-refractivity contribution in [1.82, 2.24) is 0 Å². The Hall–Kier alpha value is -1.35. The molecule has 1 atom stereocenters. The van der Waals surface area contributed by atoms with Gasteiger partial charge in [-0.1, -0.05) is 34.1 Å². The van der Waals surface area contributed by atoms with E-state index in [1.54, 1.807) is 12.1 Å². The zero-order chi connectivity index (χ0) is 14.1. The van der Waals surface area contributed by atoms with Gasteiger partial charge < -0.3 is 5.32 Å². The van der Waals surface area contributed by atoms with Gasteiger partial charge in [0.15, 0.2) is 0 Å². The van der Waals surface area contributed by atoms with Crippen LogP contribution in [0, 0.1) is 5.82 Å². The van der Waals surface area contributed by atoms with E-state index in [2.05, 4.69) is 46.4 Å². The molecule has 1 nitrogen and oxygen atoms in total. The predicted octanol–water partition coefficient (Wildman–Crippen LogP) is 5.25. The second kappa shape index (κ2) is 5.57. The lowest BCUT2D eigenvalue weighted by atomic mass is 10.0. The Labute approximate surface area is 127 Å². The van der Waals surface area contributed by atoms with Crippen molar-refractivity contribution in [1.29, 1.82) is 0 Å². The minimum absolute atomic E-state index is 0.0877. The molecule has 1 unspecified atom stereocenters. The van der Waals surface area contributed by atoms with Gasteiger partial charge in [-0.15, -0.1) is 0 Å². The summed E-state index contributed by atoms with van der Waals surface area (Å²) in [6.45, 7) is 2.07. The molecule has 1 N–H and O–H groups in total. The van der Waals surface area contributed by atoms with Crippen LogP contribution in [0.1, 0.15) is 36.1 Å². The van der Waals surface area contributed by atoms with Crippen LogP contribution in [-0.4, -0.2) is 0 Å². The van der Waals surface area contributed by atoms with Crippen molar-refractivity contribution >= 4 is 21.6 Å². The molecule has 0 amide bonds. The topological polar surface area (TPSA) is 12.0 Å². The number of aryl methyl sites for hydroxylation is 2. The minimum atomic E-state index is -0.221. The number of nitrogens with one attached hydrogen (secondary N) is 1. The third-order valence-electron chi connectivity index (χ3n) is 3.92. The van der Waals surface area contributed by atoms with Crippen molar-refractivity contribution in [2.24, 2.45) is 0 Å². The average Bonchev–Trinajstić information content (AvgIpc) is 2.90. The van der Waals surface area contributed by atoms with E-state index in [0.29, 0.717) is 5.69 Å². The predicted molar refractivity (Wildman–Crippen MR) is 84.6 cm³/mol. The lowest BCUT2D eigenvalue weighted by molar-refractivity contribution is 0.627. The molecule has 1 aliphatic rings. The zero-order valence-corrected chi connectivity index (χ0v) is 13.0. The molecule has 3 rings (SSSR count). The highest BCUT2D eigenvalue weighted by Gasteiger charge is 2.14. The first kappa shape index (κ1) is 13.6. The number of hydrogen-bond donors (Lipinski definition) is 1. The molecule has 2 aromatic carbocycles. The summed E-state index contributed by atoms with van der Waals surface area (Å²) in [4.78, 5) is 0. The van der Waals surface area contributed by atoms with Gasteiger partial charge in [-0.2, -0.15) is 0 Å². The van der Waals surface area contributed by atoms with E-state index in [1.165, 1.54) is 42.0 Å². The Bertz CT molecular complexity index is 639. The van der Waals surface area contributed by atoms with Crippen molar-refractivity contribution < 1.29 is 4.39 Å². The van der Waals surface area contributed by atoms with Crippen LogP contribution in [0.15, 0.2) is 40.9 Å². The molecule has 2 aromatic rings. The van der Waals surface area contributed by atoms with Crippen molar-refractivity contribution in [2.75, 3.05) is 5.32 Å². The molecule has 0 aromatic heterocycles. The molecule has 0 bridgehead atoms. The van der Waals surface area contributed by atoms with Gasteiger partial charge in [-0.25, -0.2) is 4.39 Å². The number of halogens is 2. The number of anilines is 1. The van der Waals surface area contributed by atoms with Gasteiger partial charge in [0.1, 0.15) is 5.82 Å². The highest BCUT2D eigenvalue weighted by molar-refractivity contribution is 9.10. The first-order chi connectivity index (χ1) is 9.63. The normalized spacial score (nSPS) is 14.9. The van der Waals surface area contributed by atoms with Gasteiger partial charge in [-0.05, 0) is 61.1 Å². The molecule has 0 saturated carbocycles. The summed E-state index contributed by atoms with van der Waals surface area (Å²) in [5.74, 6) is -0.221. The Morgan fingerprint density at radius 1 is 1.10 bits per heavy atom. The van der Waals surface area contributed by atoms with E-state index < -0.39 is 0 Å². The molecular weight excluding hydrogens is 317 g/mol. The maximum absolute atomic E-state index is 13.8. The Morgan fingerprint density at radius 2 is 1.90 bits per heavy atom. The fraction of sp³-hybridized carbons (Fsp3) is 0.294. The molecule has 3 heteroatoms. The second-order valence-electron chi connectivity index (χ2n) is 5.37. The highest BCUT2D eigenvalue weighted by Crippen LogP contribution is 2.28. The van der Waals surface area contributed by atoms with Crippen LogP contribution in [0.2, 0.25) is 0 Å². The highest BCUT2D eigenvalue weighted by atomic mass is 79.9. The van der Waals surface area contributed by atoms with Crippen LogP contribution in [0.5, 0.6) is 0 Å². The minimum Gasteiger partial charge on any atom is -0.376 e. The molecule has 0 spiro atoms. The summed E-state index contributed by atoms with van der Waals surface area (Å²) >= 11 is 3.38. The molecule has 104 valence electrons. The van der Waals surface area contributed by atoms with Crippen molar-refractivity contribution in [3.05, 3.63) is 63.4 Å². The maximum atomic E-state index is 13.8. The average molecular weight is 334 g/mol. The molecule has 20 heavy (non-hydrogen) atoms. The van der Waals surface area contributed by atoms with Crippen molar-refractivity contribution in [2.45, 2.75) is 32.2 Å². The SMILES string of the molecule is CC(Nc1cc(Br)ccc1F)c1ccc2c(c1)CCC2. The molecule has 1 aliphatic carbocycles. The third kappa shape index (κ3) is 2.73. The Balaban J connectivity index is 1.82. The standard InChI is InChI=1S/C17H17BrFN/c1-11(20-17-10-15(18)7-8-16(17)19)13-6-5-12-3-2-4-14(12)9-13/h5-11,20H,2-4H2,1H3. The molecule has 0 heterocycles. The number of hydrogen-bond acceptors (Lipinski definition) is 1. The van der Waals surface area contributed by atoms with Crippen molar-refractivity contribution in [3.63, 3.8) is 0 Å². The summed E-state index contributed by atoms with van der Waals surface area (Å²) in [5.41, 5.74) is 4.66. The van der Waals surface area contributed by atoms with E-state index in [9.17, 15) is 4.39 Å². The lowest BCUT2D eigenvalue weighted by Gasteiger charge is -2.17. The van der Waals surface area contributed by atoms with Gasteiger partial charge in [0.25, 0.3) is 0 Å². The first-order valence-electron chi connectivity index (χ1n) is 6.97. The van der Waals surface area contributed by atoms with Crippen LogP contribution >= 0.6 is 15.9 Å². The summed E-state index contributed by atoms with van der Waals surface area (Å²) < 4.78 is 14.7. The van der Waals surface area contributed by atoms with Gasteiger partial charge in [0, 0.05) is 10.5 Å². The number of benzene rings is 2. The van der Waals surface area contributed by atoms with Crippen LogP contribution in [0.3, 0.4) is 0 Å². The summed E-state index contributed by atoms with van der Waals surface area (Å²) in [5, 5.41) is 3.25. The van der Waals surface area contributed by atoms with E-state index in [-0.39, 0.29) is 11.9 Å². The van der Waals surface area contributed by atoms with Crippen LogP contribution in [0.4, 0.5) is 10.1 Å². The maximum Gasteiger partial charge on any atom is 0.146 e. The Kier molecular flexibility index (Phi) is 3.79. The fourth-order valence-electron chi connectivity index (χ4n) is 2.79. The molecule has 0 radical (unpaired) electrons. The van der Waals surface area contributed by atoms with E-state index in [4.69, 9.17) is 0 Å². The van der Waals surface area contributed by atoms with Gasteiger partial charge in [0.05, 0.1) is 5.69 Å². The van der Waals surface area contributed by atoms with Crippen LogP contribution in [-0.2, 0) is 12.8 Å². The Morgan fingerprint density at radius 3 is 2.75 bits per heavy atom. The quantitative estimate of drug-likeness (QED) is 0.808. The van der Waals surface area contributed by atoms with E-state index in [0.717, 1.165) is 4.47 Å². The molecule has 0 fully saturated rings. The first-order valence-corrected chi connectivity index (χ1v) is 7.76. The number of rotatable bonds is 3. The lowest BCUT2D eigenvalue weighted by Crippen LogP contribution is -2.08. The van der Waals surface area contributed by atoms with Gasteiger partial charge >= 0.3 is 0 Å². The fourth-order valence-corrected chi connectivity index (χ4v) is 3.15. The smallest absolute Gasteiger partial charge is 0.146 e. The largest absolute Gasteiger partial charge is 0.376 e. The van der Waals surface area contributed by atoms with E-state index >= 15 is 0 Å². The monoisotopic (exact) mass is 333 g/mol. The zero-order valence-electron chi connectivity index (χ0n) is 11.4. The molecular formula is C17H17BrFN. The third-order valence-corrected chi connectivity index (χ3v) is 4.42. The summed E-state index contributed by atoms with van der Waals surface area (Å²) in [6, 6.07) is 11.7. The van der Waals surface area contributed by atoms with Crippen LogP contribution < -0.4 is 5.32 Å². The number of fused-ring (bicyclic) bond motifs is 1. The second-order valence-corrected chi connectivity index (χ2v) is 6.29. The van der Waals surface area contributed by atoms with Crippen LogP contribution in [0.25, 0.3) is 0 Å². The van der Waals surface area contributed by atoms with Gasteiger partial charge in [0.2, 0.25) is 0 Å². The van der Waals surface area contributed by atoms with Crippen molar-refractivity contribution in [3.8, 4) is 0 Å². The molecule has 0 saturated heterocycles. The van der Waals surface area contributed by atoms with Gasteiger partial charge in [-0.3, -0.25) is 0 Å². The molecule has 0 aliphatic heterocycles. The summed E-state index contributed by atoms with van der Waals surface area (Å²) in [7, 11) is 0.